The summed E-state index contributed by atoms with van der Waals surface area (Å²) in [5.41, 5.74) is 3.18. The van der Waals surface area contributed by atoms with Gasteiger partial charge in [-0.2, -0.15) is 5.10 Å². The summed E-state index contributed by atoms with van der Waals surface area (Å²) < 4.78 is 0. The highest BCUT2D eigenvalue weighted by Crippen LogP contribution is 2.32. The molecular weight excluding hydrogens is 232 g/mol. The molecule has 1 N–H and O–H groups in total. The highest BCUT2D eigenvalue weighted by molar-refractivity contribution is 7.14. The standard InChI is InChI=1S/C12H10N4S/c1-8-14-16-12(17-8)10-5-3-2-4-9(10)11-6-7-13-15-11/h2-7H,1H3,(H,13,15). The maximum absolute atomic E-state index is 4.19. The summed E-state index contributed by atoms with van der Waals surface area (Å²) >= 11 is 1.60. The Labute approximate surface area is 102 Å². The summed E-state index contributed by atoms with van der Waals surface area (Å²) in [6.07, 6.45) is 1.75. The number of aromatic amines is 1. The molecule has 4 nitrogen and oxygen atoms in total. The molecule has 0 radical (unpaired) electrons. The summed E-state index contributed by atoms with van der Waals surface area (Å²) in [6.45, 7) is 1.96. The van der Waals surface area contributed by atoms with E-state index < -0.39 is 0 Å². The van der Waals surface area contributed by atoms with Crippen LogP contribution in [0.15, 0.2) is 36.5 Å². The zero-order valence-electron chi connectivity index (χ0n) is 9.21. The predicted octanol–water partition coefficient (Wildman–Crippen LogP) is 2.90. The highest BCUT2D eigenvalue weighted by atomic mass is 32.1. The van der Waals surface area contributed by atoms with E-state index in [1.54, 1.807) is 17.5 Å². The van der Waals surface area contributed by atoms with Gasteiger partial charge in [0.1, 0.15) is 10.0 Å². The number of nitrogens with zero attached hydrogens (tertiary/aromatic N) is 3. The number of nitrogens with one attached hydrogen (secondary N) is 1. The molecule has 1 aromatic carbocycles. The second kappa shape index (κ2) is 4.10. The van der Waals surface area contributed by atoms with Crippen molar-refractivity contribution in [1.82, 2.24) is 20.4 Å². The van der Waals surface area contributed by atoms with Crippen molar-refractivity contribution in [2.45, 2.75) is 6.92 Å². The molecule has 17 heavy (non-hydrogen) atoms. The van der Waals surface area contributed by atoms with Gasteiger partial charge in [0.2, 0.25) is 0 Å². The lowest BCUT2D eigenvalue weighted by molar-refractivity contribution is 1.05. The number of rotatable bonds is 2. The lowest BCUT2D eigenvalue weighted by Gasteiger charge is -2.03. The molecule has 0 aliphatic carbocycles. The van der Waals surface area contributed by atoms with Gasteiger partial charge in [-0.1, -0.05) is 35.6 Å². The van der Waals surface area contributed by atoms with Crippen LogP contribution in [0.5, 0.6) is 0 Å². The Morgan fingerprint density at radius 2 is 1.88 bits per heavy atom. The fourth-order valence-electron chi connectivity index (χ4n) is 1.72. The first-order valence-electron chi connectivity index (χ1n) is 5.24. The van der Waals surface area contributed by atoms with Crippen LogP contribution in [0, 0.1) is 6.92 Å². The molecule has 3 aromatic rings. The molecule has 2 heterocycles. The lowest BCUT2D eigenvalue weighted by atomic mass is 10.1. The Hall–Kier alpha value is -2.01. The van der Waals surface area contributed by atoms with E-state index in [4.69, 9.17) is 0 Å². The quantitative estimate of drug-likeness (QED) is 0.751. The molecule has 0 atom stereocenters. The molecule has 0 saturated carbocycles. The largest absolute Gasteiger partial charge is 0.278 e. The third-order valence-electron chi connectivity index (χ3n) is 2.47. The molecule has 0 fully saturated rings. The Bertz CT molecular complexity index is 628. The SMILES string of the molecule is Cc1nnc(-c2ccccc2-c2ccn[nH]2)s1. The summed E-state index contributed by atoms with van der Waals surface area (Å²) in [6, 6.07) is 10.1. The third-order valence-corrected chi connectivity index (χ3v) is 3.35. The molecule has 0 aliphatic heterocycles. The van der Waals surface area contributed by atoms with Crippen LogP contribution in [0.1, 0.15) is 5.01 Å². The van der Waals surface area contributed by atoms with Crippen molar-refractivity contribution < 1.29 is 0 Å². The number of hydrogen-bond acceptors (Lipinski definition) is 4. The Balaban J connectivity index is 2.17. The second-order valence-electron chi connectivity index (χ2n) is 3.64. The number of aromatic nitrogens is 4. The average Bonchev–Trinajstić information content (AvgIpc) is 3.00. The third kappa shape index (κ3) is 1.85. The zero-order chi connectivity index (χ0) is 11.7. The Kier molecular flexibility index (Phi) is 2.45. The van der Waals surface area contributed by atoms with Crippen LogP contribution in [0.4, 0.5) is 0 Å². The van der Waals surface area contributed by atoms with Crippen LogP contribution in [0.2, 0.25) is 0 Å². The van der Waals surface area contributed by atoms with E-state index in [-0.39, 0.29) is 0 Å². The average molecular weight is 242 g/mol. The van der Waals surface area contributed by atoms with Gasteiger partial charge in [0, 0.05) is 17.3 Å². The summed E-state index contributed by atoms with van der Waals surface area (Å²) in [5.74, 6) is 0. The molecule has 84 valence electrons. The Morgan fingerprint density at radius 3 is 2.53 bits per heavy atom. The number of benzene rings is 1. The number of aryl methyl sites for hydroxylation is 1. The summed E-state index contributed by atoms with van der Waals surface area (Å²) in [7, 11) is 0. The maximum atomic E-state index is 4.19. The van der Waals surface area contributed by atoms with E-state index in [1.807, 2.05) is 25.1 Å². The summed E-state index contributed by atoms with van der Waals surface area (Å²) in [4.78, 5) is 0. The van der Waals surface area contributed by atoms with Crippen molar-refractivity contribution >= 4 is 11.3 Å². The van der Waals surface area contributed by atoms with Gasteiger partial charge in [-0.3, -0.25) is 5.10 Å². The van der Waals surface area contributed by atoms with E-state index >= 15 is 0 Å². The van der Waals surface area contributed by atoms with Crippen molar-refractivity contribution in [2.75, 3.05) is 0 Å². The molecule has 0 amide bonds. The van der Waals surface area contributed by atoms with Gasteiger partial charge in [-0.05, 0) is 13.0 Å². The first kappa shape index (κ1) is 10.2. The van der Waals surface area contributed by atoms with E-state index in [0.717, 1.165) is 26.8 Å². The molecule has 0 unspecified atom stereocenters. The van der Waals surface area contributed by atoms with Crippen LogP contribution in [0.25, 0.3) is 21.8 Å². The lowest BCUT2D eigenvalue weighted by Crippen LogP contribution is -1.84. The van der Waals surface area contributed by atoms with Gasteiger partial charge >= 0.3 is 0 Å². The van der Waals surface area contributed by atoms with Crippen LogP contribution < -0.4 is 0 Å². The van der Waals surface area contributed by atoms with E-state index in [2.05, 4.69) is 32.5 Å². The molecule has 0 spiro atoms. The van der Waals surface area contributed by atoms with Crippen molar-refractivity contribution in [3.8, 4) is 21.8 Å². The first-order chi connectivity index (χ1) is 8.34. The summed E-state index contributed by atoms with van der Waals surface area (Å²) in [5, 5.41) is 17.1. The van der Waals surface area contributed by atoms with Crippen molar-refractivity contribution in [1.29, 1.82) is 0 Å². The van der Waals surface area contributed by atoms with Gasteiger partial charge in [-0.15, -0.1) is 10.2 Å². The molecule has 0 aliphatic rings. The molecular formula is C12H10N4S. The van der Waals surface area contributed by atoms with Crippen LogP contribution in [0.3, 0.4) is 0 Å². The number of hydrogen-bond donors (Lipinski definition) is 1. The molecule has 3 rings (SSSR count). The molecule has 2 aromatic heterocycles. The molecule has 0 saturated heterocycles. The second-order valence-corrected chi connectivity index (χ2v) is 4.82. The monoisotopic (exact) mass is 242 g/mol. The van der Waals surface area contributed by atoms with Crippen LogP contribution >= 0.6 is 11.3 Å². The van der Waals surface area contributed by atoms with Crippen molar-refractivity contribution in [2.24, 2.45) is 0 Å². The number of H-pyrrole nitrogens is 1. The molecule has 0 bridgehead atoms. The fourth-order valence-corrected chi connectivity index (χ4v) is 2.45. The first-order valence-corrected chi connectivity index (χ1v) is 6.05. The van der Waals surface area contributed by atoms with Crippen LogP contribution in [-0.4, -0.2) is 20.4 Å². The zero-order valence-corrected chi connectivity index (χ0v) is 10.0. The minimum atomic E-state index is 0.938. The van der Waals surface area contributed by atoms with Crippen LogP contribution in [-0.2, 0) is 0 Å². The van der Waals surface area contributed by atoms with Gasteiger partial charge in [-0.25, -0.2) is 0 Å². The van der Waals surface area contributed by atoms with Gasteiger partial charge < -0.3 is 0 Å². The van der Waals surface area contributed by atoms with E-state index in [0.29, 0.717) is 0 Å². The van der Waals surface area contributed by atoms with Gasteiger partial charge in [0.05, 0.1) is 5.69 Å². The highest BCUT2D eigenvalue weighted by Gasteiger charge is 2.11. The fraction of sp³-hybridized carbons (Fsp3) is 0.0833. The maximum Gasteiger partial charge on any atom is 0.148 e. The normalized spacial score (nSPS) is 10.6. The molecule has 5 heteroatoms. The minimum Gasteiger partial charge on any atom is -0.278 e. The van der Waals surface area contributed by atoms with E-state index in [1.165, 1.54) is 0 Å². The topological polar surface area (TPSA) is 54.5 Å². The smallest absolute Gasteiger partial charge is 0.148 e. The minimum absolute atomic E-state index is 0.938. The Morgan fingerprint density at radius 1 is 1.06 bits per heavy atom. The van der Waals surface area contributed by atoms with Gasteiger partial charge in [0.15, 0.2) is 0 Å². The van der Waals surface area contributed by atoms with Crippen molar-refractivity contribution in [3.63, 3.8) is 0 Å². The van der Waals surface area contributed by atoms with Crippen molar-refractivity contribution in [3.05, 3.63) is 41.5 Å². The van der Waals surface area contributed by atoms with Gasteiger partial charge in [0.25, 0.3) is 0 Å². The predicted molar refractivity (Wildman–Crippen MR) is 67.7 cm³/mol. The van der Waals surface area contributed by atoms with E-state index in [9.17, 15) is 0 Å².